The molecule has 0 aliphatic carbocycles. The third-order valence-corrected chi connectivity index (χ3v) is 4.18. The molecule has 1 aromatic rings. The van der Waals surface area contributed by atoms with Crippen LogP contribution in [-0.2, 0) is 10.5 Å². The largest absolute Gasteiger partial charge is 0.342 e. The van der Waals surface area contributed by atoms with Gasteiger partial charge in [0.2, 0.25) is 5.91 Å². The molecule has 1 rings (SSSR count). The highest BCUT2D eigenvalue weighted by Crippen LogP contribution is 2.23. The maximum absolute atomic E-state index is 11.3. The van der Waals surface area contributed by atoms with Crippen molar-refractivity contribution in [3.05, 3.63) is 35.9 Å². The first kappa shape index (κ1) is 14.7. The minimum Gasteiger partial charge on any atom is -0.342 e. The number of thioether (sulfide) groups is 1. The Bertz CT molecular complexity index is 346. The van der Waals surface area contributed by atoms with Crippen LogP contribution < -0.4 is 5.32 Å². The molecule has 0 spiro atoms. The van der Waals surface area contributed by atoms with Crippen molar-refractivity contribution in [2.75, 3.05) is 0 Å². The number of halogens is 2. The lowest BCUT2D eigenvalue weighted by atomic mass is 10.2. The molecule has 0 aliphatic heterocycles. The number of benzene rings is 1. The van der Waals surface area contributed by atoms with Gasteiger partial charge in [-0.3, -0.25) is 4.79 Å². The first-order valence-electron chi connectivity index (χ1n) is 5.36. The molecule has 0 aliphatic rings. The van der Waals surface area contributed by atoms with Crippen molar-refractivity contribution in [2.24, 2.45) is 0 Å². The fraction of sp³-hybridized carbons (Fsp3) is 0.417. The second-order valence-corrected chi connectivity index (χ2v) is 5.77. The average Bonchev–Trinajstić information content (AvgIpc) is 2.35. The summed E-state index contributed by atoms with van der Waals surface area (Å²) >= 11 is 13.2. The number of carbonyl (C=O) groups is 1. The van der Waals surface area contributed by atoms with Gasteiger partial charge >= 0.3 is 0 Å². The van der Waals surface area contributed by atoms with Crippen molar-refractivity contribution in [2.45, 2.75) is 29.3 Å². The van der Waals surface area contributed by atoms with Gasteiger partial charge in [-0.25, -0.2) is 0 Å². The van der Waals surface area contributed by atoms with Gasteiger partial charge in [0.1, 0.15) is 10.2 Å². The average molecular weight is 292 g/mol. The first-order valence-corrected chi connectivity index (χ1v) is 7.28. The Balaban J connectivity index is 2.47. The molecule has 0 radical (unpaired) electrons. The molecule has 0 fully saturated rings. The van der Waals surface area contributed by atoms with E-state index in [1.54, 1.807) is 6.92 Å². The number of alkyl halides is 2. The first-order chi connectivity index (χ1) is 8.13. The van der Waals surface area contributed by atoms with Gasteiger partial charge < -0.3 is 5.32 Å². The van der Waals surface area contributed by atoms with Crippen LogP contribution in [0.15, 0.2) is 30.3 Å². The lowest BCUT2D eigenvalue weighted by molar-refractivity contribution is -0.120. The van der Waals surface area contributed by atoms with Gasteiger partial charge in [0.25, 0.3) is 0 Å². The zero-order valence-corrected chi connectivity index (χ0v) is 11.9. The van der Waals surface area contributed by atoms with Crippen molar-refractivity contribution in [1.82, 2.24) is 5.32 Å². The van der Waals surface area contributed by atoms with E-state index in [1.165, 1.54) is 17.3 Å². The summed E-state index contributed by atoms with van der Waals surface area (Å²) in [6.45, 7) is 1.80. The third-order valence-electron chi connectivity index (χ3n) is 2.13. The molecule has 1 N–H and O–H groups in total. The highest BCUT2D eigenvalue weighted by Gasteiger charge is 2.19. The molecular weight excluding hydrogens is 277 g/mol. The molecular formula is C12H15Cl2NOS. The summed E-state index contributed by atoms with van der Waals surface area (Å²) in [4.78, 5) is 10.7. The fourth-order valence-electron chi connectivity index (χ4n) is 1.20. The van der Waals surface area contributed by atoms with E-state index in [-0.39, 0.29) is 11.3 Å². The van der Waals surface area contributed by atoms with E-state index in [4.69, 9.17) is 23.2 Å². The number of hydrogen-bond acceptors (Lipinski definition) is 2. The lowest BCUT2D eigenvalue weighted by Gasteiger charge is -2.18. The summed E-state index contributed by atoms with van der Waals surface area (Å²) in [6.07, 6.45) is 0.433. The molecule has 0 saturated carbocycles. The van der Waals surface area contributed by atoms with Crippen LogP contribution in [0.3, 0.4) is 0 Å². The molecule has 0 saturated heterocycles. The maximum Gasteiger partial charge on any atom is 0.220 e. The van der Waals surface area contributed by atoms with Crippen molar-refractivity contribution >= 4 is 40.9 Å². The van der Waals surface area contributed by atoms with Gasteiger partial charge in [0, 0.05) is 12.2 Å². The zero-order valence-electron chi connectivity index (χ0n) is 9.53. The monoisotopic (exact) mass is 291 g/mol. The summed E-state index contributed by atoms with van der Waals surface area (Å²) < 4.78 is 0. The Morgan fingerprint density at radius 3 is 2.53 bits per heavy atom. The predicted molar refractivity (Wildman–Crippen MR) is 75.5 cm³/mol. The van der Waals surface area contributed by atoms with Gasteiger partial charge in [-0.2, -0.15) is 0 Å². The minimum absolute atomic E-state index is 0.0399. The van der Waals surface area contributed by atoms with Crippen molar-refractivity contribution < 1.29 is 4.79 Å². The van der Waals surface area contributed by atoms with Gasteiger partial charge in [-0.05, 0) is 5.56 Å². The number of carbonyl (C=O) groups excluding carboxylic acids is 1. The van der Waals surface area contributed by atoms with Gasteiger partial charge in [0.05, 0.1) is 0 Å². The van der Waals surface area contributed by atoms with Gasteiger partial charge in [0.15, 0.2) is 0 Å². The van der Waals surface area contributed by atoms with Gasteiger partial charge in [-0.1, -0.05) is 37.3 Å². The van der Waals surface area contributed by atoms with Crippen LogP contribution >= 0.6 is 35.0 Å². The van der Waals surface area contributed by atoms with Gasteiger partial charge in [-0.15, -0.1) is 35.0 Å². The van der Waals surface area contributed by atoms with Crippen LogP contribution in [0, 0.1) is 0 Å². The van der Waals surface area contributed by atoms with E-state index < -0.39 is 4.84 Å². The quantitative estimate of drug-likeness (QED) is 0.641. The highest BCUT2D eigenvalue weighted by atomic mass is 35.5. The SMILES string of the molecule is CCC(=O)N[C@H](SCc1ccccc1)C(Cl)Cl. The van der Waals surface area contributed by atoms with Crippen LogP contribution in [0.5, 0.6) is 0 Å². The molecule has 5 heteroatoms. The summed E-state index contributed by atoms with van der Waals surface area (Å²) in [5.74, 6) is 0.729. The molecule has 1 aromatic carbocycles. The Hall–Kier alpha value is -0.380. The second-order valence-electron chi connectivity index (χ2n) is 3.47. The molecule has 1 amide bonds. The summed E-state index contributed by atoms with van der Waals surface area (Å²) in [5.41, 5.74) is 1.18. The lowest BCUT2D eigenvalue weighted by Crippen LogP contribution is -2.36. The van der Waals surface area contributed by atoms with Crippen molar-refractivity contribution in [1.29, 1.82) is 0 Å². The minimum atomic E-state index is -0.612. The molecule has 0 heterocycles. The molecule has 0 aromatic heterocycles. The Morgan fingerprint density at radius 2 is 2.00 bits per heavy atom. The second kappa shape index (κ2) is 7.85. The fourth-order valence-corrected chi connectivity index (χ4v) is 2.69. The number of rotatable bonds is 6. The van der Waals surface area contributed by atoms with Crippen LogP contribution in [0.4, 0.5) is 0 Å². The number of hydrogen-bond donors (Lipinski definition) is 1. The Morgan fingerprint density at radius 1 is 1.35 bits per heavy atom. The van der Waals surface area contributed by atoms with Crippen LogP contribution in [-0.4, -0.2) is 16.1 Å². The van der Waals surface area contributed by atoms with E-state index >= 15 is 0 Å². The summed E-state index contributed by atoms with van der Waals surface area (Å²) in [5, 5.41) is 2.52. The normalized spacial score (nSPS) is 12.5. The molecule has 0 unspecified atom stereocenters. The van der Waals surface area contributed by atoms with E-state index in [0.717, 1.165) is 5.75 Å². The van der Waals surface area contributed by atoms with E-state index in [0.29, 0.717) is 6.42 Å². The third kappa shape index (κ3) is 5.66. The molecule has 17 heavy (non-hydrogen) atoms. The van der Waals surface area contributed by atoms with Crippen molar-refractivity contribution in [3.8, 4) is 0 Å². The molecule has 94 valence electrons. The van der Waals surface area contributed by atoms with Crippen LogP contribution in [0.25, 0.3) is 0 Å². The number of nitrogens with one attached hydrogen (secondary N) is 1. The van der Waals surface area contributed by atoms with E-state index in [1.807, 2.05) is 30.3 Å². The van der Waals surface area contributed by atoms with E-state index in [2.05, 4.69) is 5.32 Å². The number of amides is 1. The van der Waals surface area contributed by atoms with Crippen LogP contribution in [0.2, 0.25) is 0 Å². The highest BCUT2D eigenvalue weighted by molar-refractivity contribution is 7.99. The maximum atomic E-state index is 11.3. The smallest absolute Gasteiger partial charge is 0.220 e. The molecule has 1 atom stereocenters. The molecule has 2 nitrogen and oxygen atoms in total. The van der Waals surface area contributed by atoms with Crippen molar-refractivity contribution in [3.63, 3.8) is 0 Å². The predicted octanol–water partition coefficient (Wildman–Crippen LogP) is 3.58. The topological polar surface area (TPSA) is 29.1 Å². The Kier molecular flexibility index (Phi) is 6.78. The zero-order chi connectivity index (χ0) is 12.7. The summed E-state index contributed by atoms with van der Waals surface area (Å²) in [7, 11) is 0. The Labute approximate surface area is 116 Å². The standard InChI is InChI=1S/C12H15Cl2NOS/c1-2-10(16)15-12(11(13)14)17-8-9-6-4-3-5-7-9/h3-7,11-12H,2,8H2,1H3,(H,15,16)/t12-/m1/s1. The van der Waals surface area contributed by atoms with E-state index in [9.17, 15) is 4.79 Å². The molecule has 0 bridgehead atoms. The van der Waals surface area contributed by atoms with Crippen LogP contribution in [0.1, 0.15) is 18.9 Å². The summed E-state index contributed by atoms with van der Waals surface area (Å²) in [6, 6.07) is 9.99.